The largest absolute Gasteiger partial charge is 0.469 e. The third kappa shape index (κ3) is 9.99. The molecular formula is C11H17F3N2O4S. The lowest BCUT2D eigenvalue weighted by atomic mass is 10.3. The third-order valence-electron chi connectivity index (χ3n) is 2.17. The molecule has 0 unspecified atom stereocenters. The van der Waals surface area contributed by atoms with Crippen LogP contribution in [0, 0.1) is 0 Å². The third-order valence-corrected chi connectivity index (χ3v) is 3.43. The summed E-state index contributed by atoms with van der Waals surface area (Å²) in [6, 6.07) is -1.22. The van der Waals surface area contributed by atoms with Gasteiger partial charge in [0.2, 0.25) is 5.91 Å². The van der Waals surface area contributed by atoms with E-state index in [-0.39, 0.29) is 11.7 Å². The number of imide groups is 1. The van der Waals surface area contributed by atoms with Gasteiger partial charge in [-0.15, -0.1) is 11.8 Å². The molecule has 21 heavy (non-hydrogen) atoms. The van der Waals surface area contributed by atoms with Crippen molar-refractivity contribution >= 4 is 29.7 Å². The first-order chi connectivity index (χ1) is 9.55. The van der Waals surface area contributed by atoms with Gasteiger partial charge in [-0.3, -0.25) is 14.9 Å². The summed E-state index contributed by atoms with van der Waals surface area (Å²) in [7, 11) is 1.24. The van der Waals surface area contributed by atoms with Crippen molar-refractivity contribution in [3.63, 3.8) is 0 Å². The quantitative estimate of drug-likeness (QED) is 0.720. The van der Waals surface area contributed by atoms with E-state index < -0.39 is 35.9 Å². The fourth-order valence-corrected chi connectivity index (χ4v) is 2.33. The highest BCUT2D eigenvalue weighted by Gasteiger charge is 2.28. The van der Waals surface area contributed by atoms with Gasteiger partial charge in [0.1, 0.15) is 6.54 Å². The normalized spacial score (nSPS) is 14.0. The van der Waals surface area contributed by atoms with Crippen molar-refractivity contribution in [1.29, 1.82) is 0 Å². The van der Waals surface area contributed by atoms with Gasteiger partial charge in [0.05, 0.1) is 18.8 Å². The van der Waals surface area contributed by atoms with E-state index in [1.54, 1.807) is 12.2 Å². The van der Waals surface area contributed by atoms with Crippen molar-refractivity contribution in [2.75, 3.05) is 13.7 Å². The van der Waals surface area contributed by atoms with Crippen molar-refractivity contribution < 1.29 is 32.3 Å². The molecular weight excluding hydrogens is 313 g/mol. The Kier molecular flexibility index (Phi) is 8.15. The minimum atomic E-state index is -4.55. The molecule has 0 rings (SSSR count). The average molecular weight is 330 g/mol. The summed E-state index contributed by atoms with van der Waals surface area (Å²) in [5.74, 6) is -1.18. The molecule has 6 nitrogen and oxygen atoms in total. The van der Waals surface area contributed by atoms with Crippen LogP contribution in [0.5, 0.6) is 0 Å². The van der Waals surface area contributed by atoms with Crippen LogP contribution in [-0.4, -0.2) is 48.2 Å². The number of hydrogen-bond donors (Lipinski definition) is 2. The predicted octanol–water partition coefficient (Wildman–Crippen LogP) is 1.45. The summed E-state index contributed by atoms with van der Waals surface area (Å²) in [6.45, 7) is 1.65. The number of methoxy groups -OCH3 is 1. The van der Waals surface area contributed by atoms with Crippen LogP contribution in [0.3, 0.4) is 0 Å². The summed E-state index contributed by atoms with van der Waals surface area (Å²) in [5, 5.41) is 2.38. The maximum atomic E-state index is 11.9. The fourth-order valence-electron chi connectivity index (χ4n) is 1.21. The molecule has 0 aromatic carbocycles. The maximum absolute atomic E-state index is 11.9. The van der Waals surface area contributed by atoms with Crippen LogP contribution < -0.4 is 10.6 Å². The van der Waals surface area contributed by atoms with Crippen molar-refractivity contribution in [3.05, 3.63) is 0 Å². The molecule has 0 saturated heterocycles. The molecule has 0 aromatic rings. The number of amides is 3. The van der Waals surface area contributed by atoms with Gasteiger partial charge in [-0.25, -0.2) is 4.79 Å². The van der Waals surface area contributed by atoms with Crippen LogP contribution in [0.4, 0.5) is 18.0 Å². The number of nitrogens with one attached hydrogen (secondary N) is 2. The zero-order chi connectivity index (χ0) is 16.6. The zero-order valence-electron chi connectivity index (χ0n) is 11.7. The Bertz CT molecular complexity index is 390. The molecule has 3 amide bonds. The molecule has 0 spiro atoms. The lowest BCUT2D eigenvalue weighted by Gasteiger charge is -2.16. The molecule has 2 N–H and O–H groups in total. The summed E-state index contributed by atoms with van der Waals surface area (Å²) < 4.78 is 40.1. The second-order valence-electron chi connectivity index (χ2n) is 4.16. The van der Waals surface area contributed by atoms with E-state index in [0.29, 0.717) is 0 Å². The number of esters is 1. The fraction of sp³-hybridized carbons (Fsp3) is 0.727. The minimum absolute atomic E-state index is 0.0824. The van der Waals surface area contributed by atoms with Crippen molar-refractivity contribution in [2.24, 2.45) is 0 Å². The number of hydrogen-bond acceptors (Lipinski definition) is 5. The highest BCUT2D eigenvalue weighted by molar-refractivity contribution is 8.01. The SMILES string of the molecule is COC(=O)C[C@@H](C)S[C@H](C)C(=O)NC(=O)NCC(F)(F)F. The molecule has 0 aliphatic carbocycles. The molecule has 0 bridgehead atoms. The highest BCUT2D eigenvalue weighted by Crippen LogP contribution is 2.20. The number of carbonyl (C=O) groups is 3. The van der Waals surface area contributed by atoms with Crippen LogP contribution in [0.1, 0.15) is 20.3 Å². The van der Waals surface area contributed by atoms with Gasteiger partial charge < -0.3 is 10.1 Å². The standard InChI is InChI=1S/C11H17F3N2O4S/c1-6(4-8(17)20-3)21-7(2)9(18)16-10(19)15-5-11(12,13)14/h6-7H,4-5H2,1-3H3,(H2,15,16,18,19)/t6-,7-/m1/s1. The topological polar surface area (TPSA) is 84.5 Å². The first-order valence-electron chi connectivity index (χ1n) is 5.93. The Morgan fingerprint density at radius 3 is 2.29 bits per heavy atom. The van der Waals surface area contributed by atoms with E-state index >= 15 is 0 Å². The Balaban J connectivity index is 4.15. The van der Waals surface area contributed by atoms with E-state index in [4.69, 9.17) is 0 Å². The van der Waals surface area contributed by atoms with E-state index in [2.05, 4.69) is 4.74 Å². The van der Waals surface area contributed by atoms with Gasteiger partial charge in [-0.05, 0) is 6.92 Å². The number of ether oxygens (including phenoxy) is 1. The molecule has 0 saturated carbocycles. The lowest BCUT2D eigenvalue weighted by molar-refractivity contribution is -0.140. The number of halogens is 3. The van der Waals surface area contributed by atoms with Gasteiger partial charge in [-0.2, -0.15) is 13.2 Å². The first kappa shape index (κ1) is 19.6. The number of urea groups is 1. The molecule has 10 heteroatoms. The van der Waals surface area contributed by atoms with Gasteiger partial charge in [-0.1, -0.05) is 6.92 Å². The number of thioether (sulfide) groups is 1. The molecule has 2 atom stereocenters. The number of rotatable bonds is 6. The predicted molar refractivity (Wildman–Crippen MR) is 70.7 cm³/mol. The zero-order valence-corrected chi connectivity index (χ0v) is 12.6. The Morgan fingerprint density at radius 1 is 1.24 bits per heavy atom. The van der Waals surface area contributed by atoms with Crippen LogP contribution in [0.25, 0.3) is 0 Å². The van der Waals surface area contributed by atoms with Gasteiger partial charge in [0.15, 0.2) is 0 Å². The van der Waals surface area contributed by atoms with Crippen molar-refractivity contribution in [1.82, 2.24) is 10.6 Å². The van der Waals surface area contributed by atoms with E-state index in [0.717, 1.165) is 11.8 Å². The molecule has 0 aliphatic heterocycles. The van der Waals surface area contributed by atoms with E-state index in [9.17, 15) is 27.6 Å². The molecule has 0 radical (unpaired) electrons. The molecule has 0 heterocycles. The summed E-state index contributed by atoms with van der Waals surface area (Å²) in [6.07, 6.45) is -4.46. The van der Waals surface area contributed by atoms with E-state index in [1.807, 2.05) is 0 Å². The second-order valence-corrected chi connectivity index (χ2v) is 5.94. The van der Waals surface area contributed by atoms with Crippen LogP contribution in [0.15, 0.2) is 0 Å². The lowest BCUT2D eigenvalue weighted by Crippen LogP contribution is -2.45. The van der Waals surface area contributed by atoms with Crippen LogP contribution >= 0.6 is 11.8 Å². The van der Waals surface area contributed by atoms with Crippen molar-refractivity contribution in [2.45, 2.75) is 36.9 Å². The smallest absolute Gasteiger partial charge is 0.405 e. The van der Waals surface area contributed by atoms with Gasteiger partial charge in [0.25, 0.3) is 0 Å². The number of carbonyl (C=O) groups excluding carboxylic acids is 3. The summed E-state index contributed by atoms with van der Waals surface area (Å²) in [5.41, 5.74) is 0. The van der Waals surface area contributed by atoms with Gasteiger partial charge in [0, 0.05) is 5.25 Å². The summed E-state index contributed by atoms with van der Waals surface area (Å²) in [4.78, 5) is 33.7. The molecule has 122 valence electrons. The first-order valence-corrected chi connectivity index (χ1v) is 6.87. The Hall–Kier alpha value is -1.45. The van der Waals surface area contributed by atoms with Crippen LogP contribution in [-0.2, 0) is 14.3 Å². The monoisotopic (exact) mass is 330 g/mol. The molecule has 0 fully saturated rings. The maximum Gasteiger partial charge on any atom is 0.405 e. The second kappa shape index (κ2) is 8.75. The molecule has 0 aromatic heterocycles. The van der Waals surface area contributed by atoms with Crippen LogP contribution in [0.2, 0.25) is 0 Å². The molecule has 0 aliphatic rings. The number of alkyl halides is 3. The summed E-state index contributed by atoms with van der Waals surface area (Å²) >= 11 is 1.10. The van der Waals surface area contributed by atoms with E-state index in [1.165, 1.54) is 19.4 Å². The van der Waals surface area contributed by atoms with Gasteiger partial charge >= 0.3 is 18.2 Å². The van der Waals surface area contributed by atoms with Crippen molar-refractivity contribution in [3.8, 4) is 0 Å². The highest BCUT2D eigenvalue weighted by atomic mass is 32.2. The minimum Gasteiger partial charge on any atom is -0.469 e. The Morgan fingerprint density at radius 2 is 1.81 bits per heavy atom. The average Bonchev–Trinajstić information content (AvgIpc) is 2.34. The Labute approximate surface area is 124 Å².